The highest BCUT2D eigenvalue weighted by molar-refractivity contribution is 8.76. The van der Waals surface area contributed by atoms with Gasteiger partial charge in [0.05, 0.1) is 25.4 Å². The second kappa shape index (κ2) is 77.9. The Morgan fingerprint density at radius 2 is 0.856 bits per heavy atom. The van der Waals surface area contributed by atoms with Gasteiger partial charge in [-0.25, -0.2) is 0 Å². The van der Waals surface area contributed by atoms with Gasteiger partial charge < -0.3 is 33.2 Å². The van der Waals surface area contributed by atoms with Crippen LogP contribution >= 0.6 is 21.6 Å². The van der Waals surface area contributed by atoms with Gasteiger partial charge in [-0.05, 0) is 124 Å². The van der Waals surface area contributed by atoms with Gasteiger partial charge in [0, 0.05) is 57.3 Å². The van der Waals surface area contributed by atoms with E-state index in [-0.39, 0.29) is 36.4 Å². The number of unbranched alkanes of at least 4 members (excludes halogenated alkanes) is 22. The molecule has 564 valence electrons. The van der Waals surface area contributed by atoms with E-state index < -0.39 is 0 Å². The summed E-state index contributed by atoms with van der Waals surface area (Å²) in [5, 5.41) is 0. The molecule has 2 aromatic carbocycles. The highest BCUT2D eigenvalue weighted by Crippen LogP contribution is 2.24. The standard InChI is InChI=1S/C44H76O6.C23H34O4.C9H20O.C6H14S2.C2H6/c1-5-9-12-14-17-21-27-40(28-22-18-15-13-10-6-2)49-42(45)29-23-19-16-20-24-30-43(46)50-41-33-31-39(32-34-41)37-44(47)48-36-35-38(25-8-4)26-11-7-3;1-3-4-5-6-7-8-9-19-26-20(2)11-10-12-23(25)27-22-15-13-21(14-16-22)17-18-24;1-4-5-6-9(2)7-8-10-3;1-3-5-7-8-6-4-2;1-2/h31-34,38,40H,5-30,35-37H2,1-4H3;13-16,18H,2-12,17,19H2,1H3;9H,4-8H2,1-3H3;3-6H2,1-2H3;1-2H3. The second-order valence-corrected chi connectivity index (χ2v) is 28.8. The van der Waals surface area contributed by atoms with Crippen molar-refractivity contribution in [2.75, 3.05) is 38.4 Å². The minimum Gasteiger partial charge on any atom is -0.499 e. The van der Waals surface area contributed by atoms with E-state index in [1.807, 2.05) is 47.6 Å². The number of carbonyl (C=O) groups is 5. The number of hydrogen-bond acceptors (Lipinski definition) is 13. The van der Waals surface area contributed by atoms with Gasteiger partial charge >= 0.3 is 23.9 Å². The van der Waals surface area contributed by atoms with Crippen LogP contribution in [0.15, 0.2) is 60.9 Å². The molecule has 97 heavy (non-hydrogen) atoms. The quantitative estimate of drug-likeness (QED) is 0.0155. The van der Waals surface area contributed by atoms with Gasteiger partial charge in [-0.3, -0.25) is 19.2 Å². The van der Waals surface area contributed by atoms with Crippen LogP contribution in [-0.4, -0.2) is 74.7 Å². The van der Waals surface area contributed by atoms with E-state index in [1.165, 1.54) is 178 Å². The van der Waals surface area contributed by atoms with E-state index in [9.17, 15) is 24.0 Å². The number of methoxy groups -OCH3 is 1. The number of rotatable bonds is 61. The Bertz CT molecular complexity index is 2000. The van der Waals surface area contributed by atoms with E-state index >= 15 is 0 Å². The Balaban J connectivity index is -0.00000154. The Morgan fingerprint density at radius 1 is 0.412 bits per heavy atom. The van der Waals surface area contributed by atoms with Crippen LogP contribution < -0.4 is 9.47 Å². The zero-order valence-electron chi connectivity index (χ0n) is 64.8. The van der Waals surface area contributed by atoms with Gasteiger partial charge in [0.2, 0.25) is 0 Å². The molecule has 0 radical (unpaired) electrons. The third-order valence-electron chi connectivity index (χ3n) is 16.7. The van der Waals surface area contributed by atoms with Crippen LogP contribution in [0.4, 0.5) is 0 Å². The molecule has 0 bridgehead atoms. The number of hydrogen-bond donors (Lipinski definition) is 0. The number of esters is 4. The van der Waals surface area contributed by atoms with Gasteiger partial charge in [0.25, 0.3) is 0 Å². The van der Waals surface area contributed by atoms with Gasteiger partial charge in [0.15, 0.2) is 0 Å². The molecule has 0 aromatic heterocycles. The molecular formula is C84H150O11S2. The van der Waals surface area contributed by atoms with E-state index in [1.54, 1.807) is 43.5 Å². The van der Waals surface area contributed by atoms with Crippen LogP contribution in [0.1, 0.15) is 363 Å². The molecule has 0 aliphatic rings. The van der Waals surface area contributed by atoms with Gasteiger partial charge in [-0.2, -0.15) is 0 Å². The molecule has 0 amide bonds. The SMILES string of the molecule is C=C(CCCC(=O)Oc1ccc(CC=O)cc1)OCCCCCCCCC.CC.CCCCC(C)CCOC.CCCCCCCCC(CCCCCCCC)OC(=O)CCCCCCCC(=O)Oc1ccc(CC(=O)OCCC(CCC)CCCC)cc1.CCCSSCCC. The van der Waals surface area contributed by atoms with Crippen molar-refractivity contribution in [1.82, 2.24) is 0 Å². The first kappa shape index (κ1) is 97.4. The Labute approximate surface area is 605 Å². The van der Waals surface area contributed by atoms with Crippen molar-refractivity contribution < 1.29 is 52.4 Å². The zero-order chi connectivity index (χ0) is 72.3. The topological polar surface area (TPSA) is 141 Å². The molecule has 2 aromatic rings. The summed E-state index contributed by atoms with van der Waals surface area (Å²) in [5.41, 5.74) is 1.75. The summed E-state index contributed by atoms with van der Waals surface area (Å²) < 4.78 is 32.9. The Hall–Kier alpha value is -3.81. The Morgan fingerprint density at radius 3 is 1.33 bits per heavy atom. The average Bonchev–Trinajstić information content (AvgIpc) is 1.14. The van der Waals surface area contributed by atoms with Gasteiger partial charge in [0.1, 0.15) is 23.9 Å². The van der Waals surface area contributed by atoms with Crippen LogP contribution in [0.2, 0.25) is 0 Å². The molecule has 0 aliphatic heterocycles. The maximum absolute atomic E-state index is 12.6. The number of carbonyl (C=O) groups excluding carboxylic acids is 5. The van der Waals surface area contributed by atoms with Crippen LogP contribution in [0.3, 0.4) is 0 Å². The van der Waals surface area contributed by atoms with E-state index in [4.69, 9.17) is 28.4 Å². The first-order valence-electron chi connectivity index (χ1n) is 39.7. The molecule has 13 heteroatoms. The summed E-state index contributed by atoms with van der Waals surface area (Å²) in [6.45, 7) is 30.2. The predicted octanol–water partition coefficient (Wildman–Crippen LogP) is 25.7. The third-order valence-corrected chi connectivity index (χ3v) is 19.5. The lowest BCUT2D eigenvalue weighted by Crippen LogP contribution is -2.18. The molecule has 0 heterocycles. The maximum Gasteiger partial charge on any atom is 0.311 e. The minimum absolute atomic E-state index is 0.0446. The fraction of sp³-hybridized carbons (Fsp3) is 0.774. The molecule has 0 spiro atoms. The second-order valence-electron chi connectivity index (χ2n) is 26.1. The van der Waals surface area contributed by atoms with Crippen molar-refractivity contribution in [1.29, 1.82) is 0 Å². The molecule has 0 aliphatic carbocycles. The number of aldehydes is 1. The summed E-state index contributed by atoms with van der Waals surface area (Å²) in [6.07, 6.45) is 49.3. The zero-order valence-corrected chi connectivity index (χ0v) is 66.4. The molecule has 2 atom stereocenters. The smallest absolute Gasteiger partial charge is 0.311 e. The van der Waals surface area contributed by atoms with Gasteiger partial charge in [-0.15, -0.1) is 0 Å². The van der Waals surface area contributed by atoms with Gasteiger partial charge in [-0.1, -0.05) is 302 Å². The van der Waals surface area contributed by atoms with Crippen molar-refractivity contribution in [3.8, 4) is 11.5 Å². The molecule has 0 saturated carbocycles. The van der Waals surface area contributed by atoms with Crippen LogP contribution in [-0.2, 0) is 55.8 Å². The van der Waals surface area contributed by atoms with Crippen LogP contribution in [0.5, 0.6) is 11.5 Å². The highest BCUT2D eigenvalue weighted by atomic mass is 33.1. The number of allylic oxidation sites excluding steroid dienone is 1. The maximum atomic E-state index is 12.6. The Kier molecular flexibility index (Phi) is 78.2. The third kappa shape index (κ3) is 70.4. The molecule has 11 nitrogen and oxygen atoms in total. The first-order chi connectivity index (χ1) is 47.3. The average molecular weight is 1400 g/mol. The lowest BCUT2D eigenvalue weighted by atomic mass is 9.94. The van der Waals surface area contributed by atoms with Crippen LogP contribution in [0.25, 0.3) is 0 Å². The summed E-state index contributed by atoms with van der Waals surface area (Å²) >= 11 is 0. The molecule has 2 rings (SSSR count). The monoisotopic (exact) mass is 1400 g/mol. The van der Waals surface area contributed by atoms with E-state index in [0.29, 0.717) is 69.2 Å². The normalized spacial score (nSPS) is 11.3. The molecule has 2 unspecified atom stereocenters. The summed E-state index contributed by atoms with van der Waals surface area (Å²) in [6, 6.07) is 14.1. The predicted molar refractivity (Wildman–Crippen MR) is 418 cm³/mol. The lowest BCUT2D eigenvalue weighted by molar-refractivity contribution is -0.150. The summed E-state index contributed by atoms with van der Waals surface area (Å²) in [5.74, 6) is 5.07. The van der Waals surface area contributed by atoms with E-state index in [0.717, 1.165) is 113 Å². The fourth-order valence-corrected chi connectivity index (χ4v) is 13.0. The van der Waals surface area contributed by atoms with Crippen molar-refractivity contribution in [2.45, 2.75) is 371 Å². The molecular weight excluding hydrogens is 1250 g/mol. The largest absolute Gasteiger partial charge is 0.499 e. The van der Waals surface area contributed by atoms with Crippen molar-refractivity contribution in [3.63, 3.8) is 0 Å². The van der Waals surface area contributed by atoms with E-state index in [2.05, 4.69) is 68.9 Å². The van der Waals surface area contributed by atoms with Crippen molar-refractivity contribution in [3.05, 3.63) is 72.0 Å². The number of benzene rings is 2. The molecule has 0 saturated heterocycles. The van der Waals surface area contributed by atoms with Crippen molar-refractivity contribution in [2.24, 2.45) is 11.8 Å². The lowest BCUT2D eigenvalue weighted by Gasteiger charge is -2.18. The molecule has 0 fully saturated rings. The highest BCUT2D eigenvalue weighted by Gasteiger charge is 2.16. The summed E-state index contributed by atoms with van der Waals surface area (Å²) in [7, 11) is 5.76. The summed E-state index contributed by atoms with van der Waals surface area (Å²) in [4.78, 5) is 59.6. The first-order valence-corrected chi connectivity index (χ1v) is 42.2. The number of ether oxygens (including phenoxy) is 6. The minimum atomic E-state index is -0.266. The van der Waals surface area contributed by atoms with Crippen LogP contribution in [0, 0.1) is 11.8 Å². The van der Waals surface area contributed by atoms with Crippen molar-refractivity contribution >= 4 is 51.8 Å². The fourth-order valence-electron chi connectivity index (χ4n) is 10.7. The molecule has 0 N–H and O–H groups in total.